The SMILES string of the molecule is CCc1nc2ccccn2c1C(=O)NCCc1ccc(OC)cc1. The van der Waals surface area contributed by atoms with Crippen LogP contribution in [-0.2, 0) is 12.8 Å². The van der Waals surface area contributed by atoms with Crippen molar-refractivity contribution in [3.05, 3.63) is 65.6 Å². The van der Waals surface area contributed by atoms with E-state index in [0.717, 1.165) is 35.5 Å². The minimum atomic E-state index is -0.0842. The minimum Gasteiger partial charge on any atom is -0.497 e. The van der Waals surface area contributed by atoms with Gasteiger partial charge in [-0.1, -0.05) is 25.1 Å². The molecule has 3 rings (SSSR count). The normalized spacial score (nSPS) is 10.8. The average Bonchev–Trinajstić information content (AvgIpc) is 3.01. The molecule has 0 saturated heterocycles. The molecular weight excluding hydrogens is 302 g/mol. The van der Waals surface area contributed by atoms with E-state index in [0.29, 0.717) is 12.2 Å². The van der Waals surface area contributed by atoms with Gasteiger partial charge in [-0.2, -0.15) is 0 Å². The molecule has 0 bridgehead atoms. The fourth-order valence-electron chi connectivity index (χ4n) is 2.73. The number of pyridine rings is 1. The fourth-order valence-corrected chi connectivity index (χ4v) is 2.73. The number of benzene rings is 1. The topological polar surface area (TPSA) is 55.6 Å². The Morgan fingerprint density at radius 2 is 2.00 bits per heavy atom. The Hall–Kier alpha value is -2.82. The first-order valence-corrected chi connectivity index (χ1v) is 8.10. The molecule has 2 heterocycles. The Kier molecular flexibility index (Phi) is 4.79. The Morgan fingerprint density at radius 3 is 2.71 bits per heavy atom. The molecule has 3 aromatic rings. The first-order valence-electron chi connectivity index (χ1n) is 8.10. The number of hydrogen-bond acceptors (Lipinski definition) is 3. The number of ether oxygens (including phenoxy) is 1. The van der Waals surface area contributed by atoms with Crippen molar-refractivity contribution in [1.82, 2.24) is 14.7 Å². The number of aromatic nitrogens is 2. The van der Waals surface area contributed by atoms with Crippen molar-refractivity contribution in [1.29, 1.82) is 0 Å². The van der Waals surface area contributed by atoms with Crippen molar-refractivity contribution in [2.24, 2.45) is 0 Å². The number of nitrogens with zero attached hydrogens (tertiary/aromatic N) is 2. The first kappa shape index (κ1) is 16.1. The predicted octanol–water partition coefficient (Wildman–Crippen LogP) is 2.88. The zero-order valence-electron chi connectivity index (χ0n) is 14.0. The van der Waals surface area contributed by atoms with Gasteiger partial charge in [-0.15, -0.1) is 0 Å². The van der Waals surface area contributed by atoms with E-state index in [4.69, 9.17) is 4.74 Å². The molecule has 0 aliphatic rings. The highest BCUT2D eigenvalue weighted by atomic mass is 16.5. The Bertz CT molecular complexity index is 837. The number of nitrogens with one attached hydrogen (secondary N) is 1. The molecular formula is C19H21N3O2. The van der Waals surface area contributed by atoms with Crippen LogP contribution in [0.15, 0.2) is 48.7 Å². The van der Waals surface area contributed by atoms with Crippen LogP contribution < -0.4 is 10.1 Å². The molecule has 0 atom stereocenters. The summed E-state index contributed by atoms with van der Waals surface area (Å²) < 4.78 is 7.00. The van der Waals surface area contributed by atoms with Crippen LogP contribution in [0.25, 0.3) is 5.65 Å². The summed E-state index contributed by atoms with van der Waals surface area (Å²) in [6.45, 7) is 2.59. The first-order chi connectivity index (χ1) is 11.7. The van der Waals surface area contributed by atoms with Crippen LogP contribution in [0, 0.1) is 0 Å². The van der Waals surface area contributed by atoms with Gasteiger partial charge in [-0.25, -0.2) is 4.98 Å². The standard InChI is InChI=1S/C19H21N3O2/c1-3-16-18(22-13-5-4-6-17(22)21-16)19(23)20-12-11-14-7-9-15(24-2)10-8-14/h4-10,13H,3,11-12H2,1-2H3,(H,20,23). The highest BCUT2D eigenvalue weighted by molar-refractivity contribution is 5.94. The van der Waals surface area contributed by atoms with Crippen LogP contribution in [0.3, 0.4) is 0 Å². The number of methoxy groups -OCH3 is 1. The van der Waals surface area contributed by atoms with Gasteiger partial charge in [-0.05, 0) is 42.7 Å². The molecule has 2 aromatic heterocycles. The summed E-state index contributed by atoms with van der Waals surface area (Å²) in [5.41, 5.74) is 3.41. The molecule has 1 N–H and O–H groups in total. The number of aryl methyl sites for hydroxylation is 1. The van der Waals surface area contributed by atoms with E-state index >= 15 is 0 Å². The second kappa shape index (κ2) is 7.17. The van der Waals surface area contributed by atoms with Crippen LogP contribution in [0.2, 0.25) is 0 Å². The van der Waals surface area contributed by atoms with Crippen molar-refractivity contribution < 1.29 is 9.53 Å². The Labute approximate surface area is 141 Å². The molecule has 1 aromatic carbocycles. The molecule has 0 fully saturated rings. The molecule has 0 aliphatic carbocycles. The van der Waals surface area contributed by atoms with E-state index in [9.17, 15) is 4.79 Å². The molecule has 0 unspecified atom stereocenters. The van der Waals surface area contributed by atoms with Crippen LogP contribution in [0.1, 0.15) is 28.7 Å². The largest absolute Gasteiger partial charge is 0.497 e. The van der Waals surface area contributed by atoms with Gasteiger partial charge < -0.3 is 10.1 Å². The van der Waals surface area contributed by atoms with Gasteiger partial charge in [0, 0.05) is 12.7 Å². The summed E-state index contributed by atoms with van der Waals surface area (Å²) in [7, 11) is 1.65. The maximum Gasteiger partial charge on any atom is 0.270 e. The molecule has 0 spiro atoms. The van der Waals surface area contributed by atoms with E-state index in [2.05, 4.69) is 10.3 Å². The van der Waals surface area contributed by atoms with Gasteiger partial charge in [0.1, 0.15) is 17.1 Å². The molecule has 124 valence electrons. The number of rotatable bonds is 6. The quantitative estimate of drug-likeness (QED) is 0.759. The van der Waals surface area contributed by atoms with E-state index in [1.807, 2.05) is 60.0 Å². The van der Waals surface area contributed by atoms with E-state index < -0.39 is 0 Å². The smallest absolute Gasteiger partial charge is 0.270 e. The third kappa shape index (κ3) is 3.25. The van der Waals surface area contributed by atoms with Gasteiger partial charge >= 0.3 is 0 Å². The number of carbonyl (C=O) groups excluding carboxylic acids is 1. The number of hydrogen-bond donors (Lipinski definition) is 1. The molecule has 0 aliphatic heterocycles. The molecule has 1 amide bonds. The highest BCUT2D eigenvalue weighted by Crippen LogP contribution is 2.14. The average molecular weight is 323 g/mol. The van der Waals surface area contributed by atoms with Gasteiger partial charge in [0.05, 0.1) is 12.8 Å². The van der Waals surface area contributed by atoms with Gasteiger partial charge in [-0.3, -0.25) is 9.20 Å². The lowest BCUT2D eigenvalue weighted by molar-refractivity contribution is 0.0947. The van der Waals surface area contributed by atoms with Crippen molar-refractivity contribution in [3.8, 4) is 5.75 Å². The molecule has 0 radical (unpaired) electrons. The lowest BCUT2D eigenvalue weighted by atomic mass is 10.1. The lowest BCUT2D eigenvalue weighted by Crippen LogP contribution is -2.27. The Balaban J connectivity index is 1.68. The van der Waals surface area contributed by atoms with E-state index in [-0.39, 0.29) is 5.91 Å². The number of amides is 1. The maximum atomic E-state index is 12.6. The highest BCUT2D eigenvalue weighted by Gasteiger charge is 2.17. The van der Waals surface area contributed by atoms with Crippen LogP contribution in [0.4, 0.5) is 0 Å². The Morgan fingerprint density at radius 1 is 1.21 bits per heavy atom. The zero-order valence-corrected chi connectivity index (χ0v) is 14.0. The van der Waals surface area contributed by atoms with Gasteiger partial charge in [0.25, 0.3) is 5.91 Å². The second-order valence-corrected chi connectivity index (χ2v) is 5.54. The van der Waals surface area contributed by atoms with Crippen molar-refractivity contribution >= 4 is 11.6 Å². The molecule has 24 heavy (non-hydrogen) atoms. The lowest BCUT2D eigenvalue weighted by Gasteiger charge is -2.07. The summed E-state index contributed by atoms with van der Waals surface area (Å²) in [5, 5.41) is 3.00. The van der Waals surface area contributed by atoms with Crippen LogP contribution >= 0.6 is 0 Å². The zero-order chi connectivity index (χ0) is 16.9. The summed E-state index contributed by atoms with van der Waals surface area (Å²) in [6, 6.07) is 13.6. The monoisotopic (exact) mass is 323 g/mol. The predicted molar refractivity (Wildman–Crippen MR) is 93.6 cm³/mol. The van der Waals surface area contributed by atoms with Gasteiger partial charge in [0.15, 0.2) is 0 Å². The minimum absolute atomic E-state index is 0.0842. The van der Waals surface area contributed by atoms with Crippen molar-refractivity contribution in [2.75, 3.05) is 13.7 Å². The van der Waals surface area contributed by atoms with Crippen molar-refractivity contribution in [2.45, 2.75) is 19.8 Å². The second-order valence-electron chi connectivity index (χ2n) is 5.54. The van der Waals surface area contributed by atoms with Crippen LogP contribution in [0.5, 0.6) is 5.75 Å². The summed E-state index contributed by atoms with van der Waals surface area (Å²) >= 11 is 0. The summed E-state index contributed by atoms with van der Waals surface area (Å²) in [5.74, 6) is 0.750. The maximum absolute atomic E-state index is 12.6. The molecule has 5 nitrogen and oxygen atoms in total. The van der Waals surface area contributed by atoms with E-state index in [1.165, 1.54) is 0 Å². The number of imidazole rings is 1. The summed E-state index contributed by atoms with van der Waals surface area (Å²) in [6.07, 6.45) is 3.37. The summed E-state index contributed by atoms with van der Waals surface area (Å²) in [4.78, 5) is 17.1. The third-order valence-corrected chi connectivity index (χ3v) is 4.01. The molecule has 0 saturated carbocycles. The number of fused-ring (bicyclic) bond motifs is 1. The van der Waals surface area contributed by atoms with Gasteiger partial charge in [0.2, 0.25) is 0 Å². The third-order valence-electron chi connectivity index (χ3n) is 4.01. The van der Waals surface area contributed by atoms with E-state index in [1.54, 1.807) is 7.11 Å². The molecule has 5 heteroatoms. The van der Waals surface area contributed by atoms with Crippen LogP contribution in [-0.4, -0.2) is 28.9 Å². The number of carbonyl (C=O) groups is 1. The van der Waals surface area contributed by atoms with Crippen molar-refractivity contribution in [3.63, 3.8) is 0 Å². The fraction of sp³-hybridized carbons (Fsp3) is 0.263.